The topological polar surface area (TPSA) is 141 Å². The number of allylic oxidation sites excluding steroid dienone is 1. The van der Waals surface area contributed by atoms with E-state index in [1.54, 1.807) is 24.3 Å². The Morgan fingerprint density at radius 3 is 2.69 bits per heavy atom. The van der Waals surface area contributed by atoms with Crippen molar-refractivity contribution in [2.24, 2.45) is 0 Å². The van der Waals surface area contributed by atoms with Gasteiger partial charge in [-0.15, -0.1) is 0 Å². The second-order valence-corrected chi connectivity index (χ2v) is 7.12. The number of nitrogens with one attached hydrogen (secondary N) is 1. The van der Waals surface area contributed by atoms with Gasteiger partial charge in [-0.3, -0.25) is 9.59 Å². The molecule has 0 aromatic heterocycles. The number of carboxylic acids is 1. The highest BCUT2D eigenvalue weighted by Gasteiger charge is 2.28. The standard InChI is InChI=1S/C22H19NO9/c1-11(24)20(22(27)28)23-19(25)9-29-13-3-4-14-16(8-13)32-18(21(14)26)7-12-2-5-15-17(6-12)31-10-30-15/h2-8,11,20,24H,9-10H2,1H3,(H,23,25)(H,27,28)/t11-,20-/m1/s1. The third kappa shape index (κ3) is 4.35. The number of aliphatic hydroxyl groups excluding tert-OH is 1. The normalized spacial score (nSPS) is 16.8. The minimum Gasteiger partial charge on any atom is -0.484 e. The van der Waals surface area contributed by atoms with Gasteiger partial charge in [-0.2, -0.15) is 0 Å². The molecule has 2 aliphatic heterocycles. The van der Waals surface area contributed by atoms with E-state index in [9.17, 15) is 19.5 Å². The molecule has 0 saturated carbocycles. The van der Waals surface area contributed by atoms with Gasteiger partial charge < -0.3 is 34.5 Å². The average molecular weight is 441 g/mol. The summed E-state index contributed by atoms with van der Waals surface area (Å²) in [6, 6.07) is 8.28. The van der Waals surface area contributed by atoms with Gasteiger partial charge in [0.15, 0.2) is 29.9 Å². The summed E-state index contributed by atoms with van der Waals surface area (Å²) in [6.07, 6.45) is 0.311. The molecular weight excluding hydrogens is 422 g/mol. The van der Waals surface area contributed by atoms with Crippen LogP contribution in [0.3, 0.4) is 0 Å². The van der Waals surface area contributed by atoms with Crippen molar-refractivity contribution in [3.05, 3.63) is 53.3 Å². The molecule has 2 aromatic rings. The number of hydrogen-bond acceptors (Lipinski definition) is 8. The Hall–Kier alpha value is -4.05. The van der Waals surface area contributed by atoms with Crippen LogP contribution in [0.5, 0.6) is 23.0 Å². The predicted molar refractivity (Wildman–Crippen MR) is 109 cm³/mol. The van der Waals surface area contributed by atoms with Crippen LogP contribution in [0.4, 0.5) is 0 Å². The molecule has 2 aromatic carbocycles. The SMILES string of the molecule is C[C@@H](O)[C@@H](NC(=O)COc1ccc2c(c1)OC(=Cc1ccc3c(c1)OCO3)C2=O)C(=O)O. The minimum atomic E-state index is -1.45. The molecule has 2 atom stereocenters. The van der Waals surface area contributed by atoms with Gasteiger partial charge in [-0.05, 0) is 42.8 Å². The Bertz CT molecular complexity index is 1120. The number of carbonyl (C=O) groups is 3. The number of aliphatic carboxylic acids is 1. The summed E-state index contributed by atoms with van der Waals surface area (Å²) in [4.78, 5) is 35.6. The molecule has 0 aliphatic carbocycles. The van der Waals surface area contributed by atoms with Gasteiger partial charge in [0, 0.05) is 6.07 Å². The number of carboxylic acid groups (broad SMARTS) is 1. The Kier molecular flexibility index (Phi) is 5.69. The molecule has 0 spiro atoms. The van der Waals surface area contributed by atoms with E-state index in [-0.39, 0.29) is 29.8 Å². The van der Waals surface area contributed by atoms with E-state index in [0.29, 0.717) is 22.6 Å². The zero-order valence-corrected chi connectivity index (χ0v) is 16.9. The van der Waals surface area contributed by atoms with Gasteiger partial charge in [0.1, 0.15) is 11.5 Å². The number of hydrogen-bond donors (Lipinski definition) is 3. The van der Waals surface area contributed by atoms with E-state index in [2.05, 4.69) is 5.32 Å². The van der Waals surface area contributed by atoms with Crippen molar-refractivity contribution in [2.45, 2.75) is 19.1 Å². The second-order valence-electron chi connectivity index (χ2n) is 7.12. The van der Waals surface area contributed by atoms with Crippen molar-refractivity contribution in [2.75, 3.05) is 13.4 Å². The van der Waals surface area contributed by atoms with Crippen LogP contribution in [0, 0.1) is 0 Å². The van der Waals surface area contributed by atoms with Crippen molar-refractivity contribution >= 4 is 23.7 Å². The smallest absolute Gasteiger partial charge is 0.328 e. The molecule has 2 heterocycles. The van der Waals surface area contributed by atoms with Gasteiger partial charge in [0.25, 0.3) is 5.91 Å². The molecular formula is C22H19NO9. The molecule has 0 bridgehead atoms. The highest BCUT2D eigenvalue weighted by Crippen LogP contribution is 2.37. The second kappa shape index (κ2) is 8.60. The molecule has 10 nitrogen and oxygen atoms in total. The molecule has 166 valence electrons. The number of Topliss-reactive ketones (excluding diaryl/α,β-unsaturated/α-hetero) is 1. The zero-order chi connectivity index (χ0) is 22.8. The summed E-state index contributed by atoms with van der Waals surface area (Å²) < 4.78 is 21.6. The Balaban J connectivity index is 1.42. The highest BCUT2D eigenvalue weighted by molar-refractivity contribution is 6.14. The molecule has 10 heteroatoms. The van der Waals surface area contributed by atoms with Crippen LogP contribution in [0.15, 0.2) is 42.2 Å². The van der Waals surface area contributed by atoms with Crippen LogP contribution in [0.1, 0.15) is 22.8 Å². The summed E-state index contributed by atoms with van der Waals surface area (Å²) in [5, 5.41) is 20.6. The predicted octanol–water partition coefficient (Wildman–Crippen LogP) is 1.36. The highest BCUT2D eigenvalue weighted by atomic mass is 16.7. The number of amides is 1. The molecule has 0 fully saturated rings. The van der Waals surface area contributed by atoms with E-state index >= 15 is 0 Å². The Labute approximate surface area is 182 Å². The lowest BCUT2D eigenvalue weighted by Gasteiger charge is -2.17. The Morgan fingerprint density at radius 2 is 1.94 bits per heavy atom. The number of ketones is 1. The van der Waals surface area contributed by atoms with Crippen molar-refractivity contribution in [1.29, 1.82) is 0 Å². The van der Waals surface area contributed by atoms with Gasteiger partial charge in [0.2, 0.25) is 12.6 Å². The van der Waals surface area contributed by atoms with Crippen LogP contribution >= 0.6 is 0 Å². The quantitative estimate of drug-likeness (QED) is 0.543. The summed E-state index contributed by atoms with van der Waals surface area (Å²) in [5.74, 6) is -0.538. The first-order chi connectivity index (χ1) is 15.3. The molecule has 32 heavy (non-hydrogen) atoms. The van der Waals surface area contributed by atoms with Crippen LogP contribution in [0.25, 0.3) is 6.08 Å². The molecule has 3 N–H and O–H groups in total. The fourth-order valence-corrected chi connectivity index (χ4v) is 3.16. The van der Waals surface area contributed by atoms with Crippen molar-refractivity contribution < 1.29 is 43.5 Å². The largest absolute Gasteiger partial charge is 0.484 e. The molecule has 0 unspecified atom stereocenters. The Morgan fingerprint density at radius 1 is 1.16 bits per heavy atom. The third-order valence-electron chi connectivity index (χ3n) is 4.77. The van der Waals surface area contributed by atoms with Gasteiger partial charge in [-0.1, -0.05) is 6.07 Å². The lowest BCUT2D eigenvalue weighted by Crippen LogP contribution is -2.49. The van der Waals surface area contributed by atoms with E-state index in [1.807, 2.05) is 0 Å². The lowest BCUT2D eigenvalue weighted by molar-refractivity contribution is -0.145. The number of ether oxygens (including phenoxy) is 4. The van der Waals surface area contributed by atoms with Gasteiger partial charge in [0.05, 0.1) is 11.7 Å². The lowest BCUT2D eigenvalue weighted by atomic mass is 10.1. The van der Waals surface area contributed by atoms with Crippen LogP contribution in [-0.4, -0.2) is 53.4 Å². The van der Waals surface area contributed by atoms with Crippen molar-refractivity contribution in [3.8, 4) is 23.0 Å². The minimum absolute atomic E-state index is 0.120. The molecule has 4 rings (SSSR count). The van der Waals surface area contributed by atoms with Crippen LogP contribution in [0.2, 0.25) is 0 Å². The third-order valence-corrected chi connectivity index (χ3v) is 4.77. The van der Waals surface area contributed by atoms with Crippen LogP contribution < -0.4 is 24.3 Å². The number of fused-ring (bicyclic) bond motifs is 2. The van der Waals surface area contributed by atoms with Crippen molar-refractivity contribution in [3.63, 3.8) is 0 Å². The fourth-order valence-electron chi connectivity index (χ4n) is 3.16. The fraction of sp³-hybridized carbons (Fsp3) is 0.227. The molecule has 1 amide bonds. The number of carbonyl (C=O) groups excluding carboxylic acids is 2. The van der Waals surface area contributed by atoms with E-state index in [1.165, 1.54) is 25.1 Å². The van der Waals surface area contributed by atoms with Gasteiger partial charge in [-0.25, -0.2) is 4.79 Å². The monoisotopic (exact) mass is 441 g/mol. The zero-order valence-electron chi connectivity index (χ0n) is 16.9. The summed E-state index contributed by atoms with van der Waals surface area (Å²) in [7, 11) is 0. The van der Waals surface area contributed by atoms with Crippen LogP contribution in [-0.2, 0) is 9.59 Å². The summed E-state index contributed by atoms with van der Waals surface area (Å²) >= 11 is 0. The van der Waals surface area contributed by atoms with Crippen molar-refractivity contribution in [1.82, 2.24) is 5.32 Å². The number of benzene rings is 2. The number of aliphatic hydroxyl groups is 1. The van der Waals surface area contributed by atoms with Gasteiger partial charge >= 0.3 is 5.97 Å². The average Bonchev–Trinajstić information content (AvgIpc) is 3.34. The maximum atomic E-state index is 12.6. The van der Waals surface area contributed by atoms with E-state index in [0.717, 1.165) is 0 Å². The number of rotatable bonds is 7. The molecule has 2 aliphatic rings. The first kappa shape index (κ1) is 21.2. The first-order valence-electron chi connectivity index (χ1n) is 9.63. The summed E-state index contributed by atoms with van der Waals surface area (Å²) in [6.45, 7) is 0.916. The molecule has 0 saturated heterocycles. The van der Waals surface area contributed by atoms with E-state index < -0.39 is 30.6 Å². The molecule has 0 radical (unpaired) electrons. The first-order valence-corrected chi connectivity index (χ1v) is 9.63. The summed E-state index contributed by atoms with van der Waals surface area (Å²) in [5.41, 5.74) is 1.04. The maximum absolute atomic E-state index is 12.6. The van der Waals surface area contributed by atoms with E-state index in [4.69, 9.17) is 24.1 Å². The maximum Gasteiger partial charge on any atom is 0.328 e.